The lowest BCUT2D eigenvalue weighted by molar-refractivity contribution is -0.145. The van der Waals surface area contributed by atoms with Gasteiger partial charge in [0.2, 0.25) is 5.91 Å². The highest BCUT2D eigenvalue weighted by Crippen LogP contribution is 2.42. The topological polar surface area (TPSA) is 95.9 Å². The lowest BCUT2D eigenvalue weighted by Crippen LogP contribution is -2.51. The summed E-state index contributed by atoms with van der Waals surface area (Å²) in [4.78, 5) is 40.2. The number of para-hydroxylation sites is 1. The van der Waals surface area contributed by atoms with E-state index in [1.807, 2.05) is 30.3 Å². The van der Waals surface area contributed by atoms with Crippen molar-refractivity contribution in [2.45, 2.75) is 48.4 Å². The van der Waals surface area contributed by atoms with E-state index in [0.29, 0.717) is 29.3 Å². The molecule has 2 aromatic rings. The SMILES string of the molecule is COc1ccccc1Sc1ccc(C=CC(=O)N(C(=O)CC(C)CC(=O)O)C2CCCNC2)c(Cl)c1Cl. The van der Waals surface area contributed by atoms with E-state index >= 15 is 0 Å². The first kappa shape index (κ1) is 29.0. The van der Waals surface area contributed by atoms with Crippen molar-refractivity contribution in [1.82, 2.24) is 10.2 Å². The molecule has 1 aliphatic heterocycles. The van der Waals surface area contributed by atoms with E-state index in [1.54, 1.807) is 26.2 Å². The molecule has 2 amide bonds. The third kappa shape index (κ3) is 7.98. The lowest BCUT2D eigenvalue weighted by Gasteiger charge is -2.33. The van der Waals surface area contributed by atoms with Crippen LogP contribution in [0.1, 0.15) is 38.2 Å². The van der Waals surface area contributed by atoms with Gasteiger partial charge < -0.3 is 15.2 Å². The molecule has 198 valence electrons. The molecule has 0 aliphatic carbocycles. The summed E-state index contributed by atoms with van der Waals surface area (Å²) in [6.45, 7) is 3.02. The van der Waals surface area contributed by atoms with Gasteiger partial charge >= 0.3 is 5.97 Å². The summed E-state index contributed by atoms with van der Waals surface area (Å²) in [6, 6.07) is 10.8. The summed E-state index contributed by atoms with van der Waals surface area (Å²) in [6.07, 6.45) is 4.23. The fraction of sp³-hybridized carbons (Fsp3) is 0.370. The van der Waals surface area contributed by atoms with Gasteiger partial charge in [-0.2, -0.15) is 0 Å². The minimum atomic E-state index is -0.976. The van der Waals surface area contributed by atoms with Crippen molar-refractivity contribution in [3.05, 3.63) is 58.1 Å². The van der Waals surface area contributed by atoms with Gasteiger partial charge in [0.05, 0.1) is 28.1 Å². The molecule has 0 radical (unpaired) electrons. The average Bonchev–Trinajstić information content (AvgIpc) is 2.87. The van der Waals surface area contributed by atoms with Gasteiger partial charge in [0, 0.05) is 30.4 Å². The lowest BCUT2D eigenvalue weighted by atomic mass is 10.0. The number of amides is 2. The van der Waals surface area contributed by atoms with E-state index < -0.39 is 11.9 Å². The van der Waals surface area contributed by atoms with Crippen molar-refractivity contribution in [1.29, 1.82) is 0 Å². The fourth-order valence-corrected chi connectivity index (χ4v) is 5.68. The quantitative estimate of drug-likeness (QED) is 0.353. The molecule has 0 aromatic heterocycles. The highest BCUT2D eigenvalue weighted by molar-refractivity contribution is 7.99. The smallest absolute Gasteiger partial charge is 0.303 e. The second-order valence-corrected chi connectivity index (χ2v) is 10.7. The average molecular weight is 566 g/mol. The van der Waals surface area contributed by atoms with Crippen LogP contribution < -0.4 is 10.1 Å². The van der Waals surface area contributed by atoms with Crippen molar-refractivity contribution in [2.24, 2.45) is 5.92 Å². The van der Waals surface area contributed by atoms with Gasteiger partial charge in [-0.05, 0) is 55.1 Å². The molecule has 1 saturated heterocycles. The zero-order valence-electron chi connectivity index (χ0n) is 20.7. The Morgan fingerprint density at radius 2 is 1.92 bits per heavy atom. The predicted molar refractivity (Wildman–Crippen MR) is 146 cm³/mol. The Morgan fingerprint density at radius 3 is 2.59 bits per heavy atom. The van der Waals surface area contributed by atoms with Crippen LogP contribution in [0.3, 0.4) is 0 Å². The van der Waals surface area contributed by atoms with Gasteiger partial charge in [-0.1, -0.05) is 60.1 Å². The van der Waals surface area contributed by atoms with E-state index in [0.717, 1.165) is 22.8 Å². The second-order valence-electron chi connectivity index (χ2n) is 8.88. The number of rotatable bonds is 10. The Kier molecular flexibility index (Phi) is 10.9. The first-order valence-corrected chi connectivity index (χ1v) is 13.5. The molecule has 3 rings (SSSR count). The van der Waals surface area contributed by atoms with Gasteiger partial charge in [0.15, 0.2) is 0 Å². The zero-order chi connectivity index (χ0) is 26.9. The van der Waals surface area contributed by atoms with Crippen LogP contribution >= 0.6 is 35.0 Å². The Bertz CT molecular complexity index is 1170. The number of ether oxygens (including phenoxy) is 1. The maximum Gasteiger partial charge on any atom is 0.303 e. The Labute approximate surface area is 231 Å². The van der Waals surface area contributed by atoms with E-state index in [9.17, 15) is 14.4 Å². The molecule has 0 spiro atoms. The minimum absolute atomic E-state index is 0.0240. The molecule has 37 heavy (non-hydrogen) atoms. The highest BCUT2D eigenvalue weighted by Gasteiger charge is 2.30. The summed E-state index contributed by atoms with van der Waals surface area (Å²) in [5.41, 5.74) is 0.540. The number of carbonyl (C=O) groups excluding carboxylic acids is 2. The van der Waals surface area contributed by atoms with Crippen LogP contribution in [0.25, 0.3) is 6.08 Å². The van der Waals surface area contributed by atoms with Crippen molar-refractivity contribution >= 4 is 58.8 Å². The van der Waals surface area contributed by atoms with Gasteiger partial charge in [-0.3, -0.25) is 19.3 Å². The Hall–Kier alpha value is -2.52. The number of nitrogens with zero attached hydrogens (tertiary/aromatic N) is 1. The van der Waals surface area contributed by atoms with Crippen LogP contribution in [-0.2, 0) is 14.4 Å². The molecule has 10 heteroatoms. The van der Waals surface area contributed by atoms with E-state index in [-0.39, 0.29) is 35.7 Å². The number of carboxylic acid groups (broad SMARTS) is 1. The Morgan fingerprint density at radius 1 is 1.16 bits per heavy atom. The molecule has 7 nitrogen and oxygen atoms in total. The van der Waals surface area contributed by atoms with Crippen LogP contribution in [0, 0.1) is 5.92 Å². The monoisotopic (exact) mass is 564 g/mol. The molecule has 0 bridgehead atoms. The number of nitrogens with one attached hydrogen (secondary N) is 1. The molecule has 1 aliphatic rings. The second kappa shape index (κ2) is 13.9. The summed E-state index contributed by atoms with van der Waals surface area (Å²) in [5.74, 6) is -1.50. The first-order chi connectivity index (χ1) is 17.7. The largest absolute Gasteiger partial charge is 0.496 e. The third-order valence-corrected chi connectivity index (χ3v) is 8.09. The predicted octanol–water partition coefficient (Wildman–Crippen LogP) is 5.77. The first-order valence-electron chi connectivity index (χ1n) is 12.0. The molecule has 0 saturated carbocycles. The van der Waals surface area contributed by atoms with Crippen molar-refractivity contribution in [2.75, 3.05) is 20.2 Å². The van der Waals surface area contributed by atoms with Gasteiger partial charge in [0.25, 0.3) is 5.91 Å². The number of hydrogen-bond donors (Lipinski definition) is 2. The number of halogens is 2. The van der Waals surface area contributed by atoms with Crippen LogP contribution in [0.4, 0.5) is 0 Å². The number of carboxylic acids is 1. The molecule has 1 fully saturated rings. The summed E-state index contributed by atoms with van der Waals surface area (Å²) >= 11 is 14.5. The minimum Gasteiger partial charge on any atom is -0.496 e. The molecule has 2 aromatic carbocycles. The number of aliphatic carboxylic acids is 1. The number of hydrogen-bond acceptors (Lipinski definition) is 6. The van der Waals surface area contributed by atoms with Gasteiger partial charge in [-0.25, -0.2) is 0 Å². The van der Waals surface area contributed by atoms with E-state index in [1.165, 1.54) is 22.7 Å². The standard InChI is InChI=1S/C27H30Cl2N2O5S/c1-17(15-25(34)35)14-24(33)31(19-6-5-13-30-16-19)23(32)12-10-18-9-11-22(27(29)26(18)28)37-21-8-4-3-7-20(21)36-2/h3-4,7-12,17,19,30H,5-6,13-16H2,1-2H3,(H,34,35). The van der Waals surface area contributed by atoms with Crippen LogP contribution in [0.5, 0.6) is 5.75 Å². The maximum absolute atomic E-state index is 13.2. The Balaban J connectivity index is 1.79. The number of methoxy groups -OCH3 is 1. The number of carbonyl (C=O) groups is 3. The maximum atomic E-state index is 13.2. The number of imide groups is 1. The molecule has 2 N–H and O–H groups in total. The summed E-state index contributed by atoms with van der Waals surface area (Å²) in [7, 11) is 1.60. The highest BCUT2D eigenvalue weighted by atomic mass is 35.5. The molecule has 2 atom stereocenters. The van der Waals surface area contributed by atoms with Crippen LogP contribution in [0.2, 0.25) is 10.0 Å². The summed E-state index contributed by atoms with van der Waals surface area (Å²) < 4.78 is 5.40. The fourth-order valence-electron chi connectivity index (χ4n) is 4.14. The van der Waals surface area contributed by atoms with Crippen LogP contribution in [-0.4, -0.2) is 54.0 Å². The van der Waals surface area contributed by atoms with Gasteiger partial charge in [0.1, 0.15) is 5.75 Å². The molecular weight excluding hydrogens is 535 g/mol. The number of benzene rings is 2. The third-order valence-electron chi connectivity index (χ3n) is 5.96. The molecule has 1 heterocycles. The summed E-state index contributed by atoms with van der Waals surface area (Å²) in [5, 5.41) is 12.9. The van der Waals surface area contributed by atoms with Crippen molar-refractivity contribution in [3.8, 4) is 5.75 Å². The van der Waals surface area contributed by atoms with Crippen LogP contribution in [0.15, 0.2) is 52.3 Å². The van der Waals surface area contributed by atoms with E-state index in [4.69, 9.17) is 33.0 Å². The van der Waals surface area contributed by atoms with E-state index in [2.05, 4.69) is 5.32 Å². The molecule has 2 unspecified atom stereocenters. The van der Waals surface area contributed by atoms with Crippen molar-refractivity contribution < 1.29 is 24.2 Å². The normalized spacial score (nSPS) is 16.4. The van der Waals surface area contributed by atoms with Crippen molar-refractivity contribution in [3.63, 3.8) is 0 Å². The zero-order valence-corrected chi connectivity index (χ0v) is 23.0. The van der Waals surface area contributed by atoms with Gasteiger partial charge in [-0.15, -0.1) is 0 Å². The molecular formula is C27H30Cl2N2O5S. The number of piperidine rings is 1.